The molecular weight excluding hydrogens is 404 g/mol. The van der Waals surface area contributed by atoms with Crippen LogP contribution in [0, 0.1) is 5.41 Å². The van der Waals surface area contributed by atoms with Crippen molar-refractivity contribution >= 4 is 34.8 Å². The van der Waals surface area contributed by atoms with Crippen LogP contribution in [-0.2, 0) is 5.66 Å². The van der Waals surface area contributed by atoms with E-state index in [4.69, 9.17) is 17.3 Å². The molecule has 5 rings (SSSR count). The predicted molar refractivity (Wildman–Crippen MR) is 115 cm³/mol. The highest BCUT2D eigenvalue weighted by atomic mass is 35.5. The zero-order chi connectivity index (χ0) is 21.3. The van der Waals surface area contributed by atoms with Crippen molar-refractivity contribution in [3.63, 3.8) is 0 Å². The molecule has 1 amide bonds. The molecule has 0 atom stereocenters. The number of fused-ring (bicyclic) bond motifs is 2. The maximum Gasteiger partial charge on any atom is 0.276 e. The summed E-state index contributed by atoms with van der Waals surface area (Å²) >= 11 is 6.58. The normalized spacial score (nSPS) is 20.8. The van der Waals surface area contributed by atoms with Crippen molar-refractivity contribution in [3.8, 4) is 0 Å². The molecule has 1 aliphatic heterocycles. The van der Waals surface area contributed by atoms with Gasteiger partial charge in [0.05, 0.1) is 5.02 Å². The highest BCUT2D eigenvalue weighted by molar-refractivity contribution is 6.34. The van der Waals surface area contributed by atoms with E-state index in [2.05, 4.69) is 15.3 Å². The molecule has 0 radical (unpaired) electrons. The Morgan fingerprint density at radius 1 is 1.10 bits per heavy atom. The number of nitrogens with zero attached hydrogens (tertiary/aromatic N) is 4. The molecule has 30 heavy (non-hydrogen) atoms. The maximum absolute atomic E-state index is 13.7. The zero-order valence-corrected chi connectivity index (χ0v) is 17.9. The molecule has 0 saturated heterocycles. The minimum atomic E-state index is -0.669. The van der Waals surface area contributed by atoms with Crippen molar-refractivity contribution in [1.29, 1.82) is 0 Å². The fraction of sp³-hybridized carbons (Fsp3) is 0.524. The number of pyridine rings is 1. The van der Waals surface area contributed by atoms with Gasteiger partial charge in [-0.2, -0.15) is 0 Å². The van der Waals surface area contributed by atoms with Crippen LogP contribution in [0.5, 0.6) is 0 Å². The SMILES string of the molecule is CC(C)N1C(=O)c2c(Cl)cc(Nc3cc(N)ncn3)c(=O)n2C12CCC1(CC1)CC2. The minimum Gasteiger partial charge on any atom is -0.384 e. The standard InChI is InChI=1S/C21H25ClN6O2/c1-12(2)27-19(30)17-13(22)9-14(26-16-10-15(23)24-11-25-16)18(29)28(17)21(27)7-5-20(3-4-20)6-8-21/h9-12H,3-8H2,1-2H3,(H3,23,24,25,26). The lowest BCUT2D eigenvalue weighted by Gasteiger charge is -2.46. The number of carbonyl (C=O) groups excluding carboxylic acids is 1. The monoisotopic (exact) mass is 428 g/mol. The molecule has 0 aromatic carbocycles. The number of nitrogen functional groups attached to an aromatic ring is 1. The first-order valence-corrected chi connectivity index (χ1v) is 10.8. The van der Waals surface area contributed by atoms with Gasteiger partial charge in [-0.15, -0.1) is 0 Å². The molecule has 3 aliphatic rings. The molecule has 2 aliphatic carbocycles. The van der Waals surface area contributed by atoms with Crippen molar-refractivity contribution < 1.29 is 4.79 Å². The Kier molecular flexibility index (Phi) is 4.16. The number of nitrogens with two attached hydrogens (primary N) is 1. The summed E-state index contributed by atoms with van der Waals surface area (Å²) in [7, 11) is 0. The Labute approximate surface area is 179 Å². The molecule has 9 heteroatoms. The van der Waals surface area contributed by atoms with Crippen LogP contribution in [0.4, 0.5) is 17.3 Å². The molecule has 158 valence electrons. The molecule has 2 aromatic rings. The first-order chi connectivity index (χ1) is 14.3. The number of carbonyl (C=O) groups is 1. The van der Waals surface area contributed by atoms with E-state index < -0.39 is 5.66 Å². The van der Waals surface area contributed by atoms with Crippen molar-refractivity contribution in [1.82, 2.24) is 19.4 Å². The first kappa shape index (κ1) is 19.4. The van der Waals surface area contributed by atoms with Gasteiger partial charge >= 0.3 is 0 Å². The van der Waals surface area contributed by atoms with Crippen LogP contribution in [0.2, 0.25) is 5.02 Å². The third-order valence-electron chi connectivity index (χ3n) is 6.98. The molecule has 2 fully saturated rings. The van der Waals surface area contributed by atoms with Gasteiger partial charge in [0.25, 0.3) is 11.5 Å². The summed E-state index contributed by atoms with van der Waals surface area (Å²) in [6.45, 7) is 3.99. The van der Waals surface area contributed by atoms with E-state index >= 15 is 0 Å². The zero-order valence-electron chi connectivity index (χ0n) is 17.1. The lowest BCUT2D eigenvalue weighted by molar-refractivity contribution is -0.0159. The number of hydrogen-bond acceptors (Lipinski definition) is 6. The molecule has 2 spiro atoms. The highest BCUT2D eigenvalue weighted by Crippen LogP contribution is 2.61. The van der Waals surface area contributed by atoms with Gasteiger partial charge in [-0.3, -0.25) is 14.2 Å². The number of nitrogens with one attached hydrogen (secondary N) is 1. The van der Waals surface area contributed by atoms with Crippen LogP contribution in [-0.4, -0.2) is 31.4 Å². The van der Waals surface area contributed by atoms with Crippen molar-refractivity contribution in [3.05, 3.63) is 39.5 Å². The van der Waals surface area contributed by atoms with Crippen LogP contribution >= 0.6 is 11.6 Å². The number of rotatable bonds is 3. The largest absolute Gasteiger partial charge is 0.384 e. The molecule has 8 nitrogen and oxygen atoms in total. The Balaban J connectivity index is 1.65. The maximum atomic E-state index is 13.7. The molecule has 0 unspecified atom stereocenters. The van der Waals surface area contributed by atoms with Gasteiger partial charge in [-0.1, -0.05) is 11.6 Å². The van der Waals surface area contributed by atoms with E-state index in [1.165, 1.54) is 25.2 Å². The smallest absolute Gasteiger partial charge is 0.276 e. The van der Waals surface area contributed by atoms with Gasteiger partial charge in [-0.25, -0.2) is 9.97 Å². The number of aromatic nitrogens is 3. The molecular formula is C21H25ClN6O2. The van der Waals surface area contributed by atoms with Gasteiger partial charge in [0.2, 0.25) is 0 Å². The molecule has 2 aromatic heterocycles. The van der Waals surface area contributed by atoms with E-state index in [9.17, 15) is 9.59 Å². The van der Waals surface area contributed by atoms with Crippen LogP contribution in [0.1, 0.15) is 62.9 Å². The fourth-order valence-electron chi connectivity index (χ4n) is 5.30. The van der Waals surface area contributed by atoms with Crippen molar-refractivity contribution in [2.45, 2.75) is 64.1 Å². The van der Waals surface area contributed by atoms with Crippen LogP contribution < -0.4 is 16.6 Å². The van der Waals surface area contributed by atoms with Gasteiger partial charge < -0.3 is 16.0 Å². The Bertz CT molecular complexity index is 1100. The highest BCUT2D eigenvalue weighted by Gasteiger charge is 2.58. The second-order valence-electron chi connectivity index (χ2n) is 9.10. The quantitative estimate of drug-likeness (QED) is 0.775. The lowest BCUT2D eigenvalue weighted by Crippen LogP contribution is -2.54. The molecule has 0 bridgehead atoms. The summed E-state index contributed by atoms with van der Waals surface area (Å²) in [5.74, 6) is 0.520. The first-order valence-electron chi connectivity index (χ1n) is 10.4. The molecule has 3 heterocycles. The molecule has 2 saturated carbocycles. The van der Waals surface area contributed by atoms with E-state index in [0.29, 0.717) is 17.1 Å². The average molecular weight is 429 g/mol. The number of hydrogen-bond donors (Lipinski definition) is 2. The van der Waals surface area contributed by atoms with Crippen molar-refractivity contribution in [2.24, 2.45) is 5.41 Å². The summed E-state index contributed by atoms with van der Waals surface area (Å²) in [5.41, 5.74) is 5.77. The number of amides is 1. The lowest BCUT2D eigenvalue weighted by atomic mass is 9.78. The van der Waals surface area contributed by atoms with E-state index in [1.54, 1.807) is 10.6 Å². The average Bonchev–Trinajstić information content (AvgIpc) is 3.39. The summed E-state index contributed by atoms with van der Waals surface area (Å²) in [4.78, 5) is 36.9. The summed E-state index contributed by atoms with van der Waals surface area (Å²) in [6, 6.07) is 3.01. The minimum absolute atomic E-state index is 0.0424. The Morgan fingerprint density at radius 2 is 1.77 bits per heavy atom. The van der Waals surface area contributed by atoms with E-state index in [-0.39, 0.29) is 33.9 Å². The van der Waals surface area contributed by atoms with Crippen LogP contribution in [0.3, 0.4) is 0 Å². The van der Waals surface area contributed by atoms with Gasteiger partial charge in [0, 0.05) is 12.1 Å². The second-order valence-corrected chi connectivity index (χ2v) is 9.51. The summed E-state index contributed by atoms with van der Waals surface area (Å²) in [5, 5.41) is 3.28. The van der Waals surface area contributed by atoms with E-state index in [1.807, 2.05) is 18.7 Å². The van der Waals surface area contributed by atoms with Gasteiger partial charge in [0.1, 0.15) is 35.0 Å². The van der Waals surface area contributed by atoms with Crippen LogP contribution in [0.15, 0.2) is 23.3 Å². The fourth-order valence-corrected chi connectivity index (χ4v) is 5.57. The third-order valence-corrected chi connectivity index (χ3v) is 7.26. The van der Waals surface area contributed by atoms with Crippen LogP contribution in [0.25, 0.3) is 0 Å². The summed E-state index contributed by atoms with van der Waals surface area (Å²) < 4.78 is 1.65. The number of anilines is 3. The Hall–Kier alpha value is -2.61. The summed E-state index contributed by atoms with van der Waals surface area (Å²) in [6.07, 6.45) is 7.40. The van der Waals surface area contributed by atoms with Gasteiger partial charge in [0.15, 0.2) is 0 Å². The predicted octanol–water partition coefficient (Wildman–Crippen LogP) is 3.49. The Morgan fingerprint density at radius 3 is 2.37 bits per heavy atom. The number of halogens is 1. The second kappa shape index (κ2) is 6.44. The van der Waals surface area contributed by atoms with Crippen molar-refractivity contribution in [2.75, 3.05) is 11.1 Å². The van der Waals surface area contributed by atoms with E-state index in [0.717, 1.165) is 25.7 Å². The molecule has 3 N–H and O–H groups in total. The third kappa shape index (κ3) is 2.73. The topological polar surface area (TPSA) is 106 Å². The van der Waals surface area contributed by atoms with Gasteiger partial charge in [-0.05, 0) is 63.9 Å².